The molecular formula is C22H26FN3O3S. The second kappa shape index (κ2) is 9.75. The van der Waals surface area contributed by atoms with Gasteiger partial charge in [0.15, 0.2) is 5.13 Å². The Labute approximate surface area is 179 Å². The highest BCUT2D eigenvalue weighted by Crippen LogP contribution is 2.33. The van der Waals surface area contributed by atoms with Gasteiger partial charge in [-0.05, 0) is 43.2 Å². The second-order valence-electron chi connectivity index (χ2n) is 7.06. The number of fused-ring (bicyclic) bond motifs is 1. The van der Waals surface area contributed by atoms with E-state index in [1.807, 2.05) is 0 Å². The van der Waals surface area contributed by atoms with Gasteiger partial charge >= 0.3 is 0 Å². The number of benzene rings is 2. The molecule has 2 aromatic carbocycles. The number of halogens is 1. The van der Waals surface area contributed by atoms with Gasteiger partial charge < -0.3 is 20.1 Å². The van der Waals surface area contributed by atoms with Gasteiger partial charge in [-0.25, -0.2) is 9.37 Å². The molecule has 0 atom stereocenters. The van der Waals surface area contributed by atoms with Crippen molar-refractivity contribution in [1.29, 1.82) is 0 Å². The van der Waals surface area contributed by atoms with Gasteiger partial charge in [-0.1, -0.05) is 30.2 Å². The number of methoxy groups -OCH3 is 2. The molecule has 4 rings (SSSR count). The third kappa shape index (κ3) is 4.81. The van der Waals surface area contributed by atoms with E-state index >= 15 is 0 Å². The van der Waals surface area contributed by atoms with E-state index in [4.69, 9.17) is 15.2 Å². The highest BCUT2D eigenvalue weighted by molar-refractivity contribution is 7.22. The summed E-state index contributed by atoms with van der Waals surface area (Å²) in [6.45, 7) is 0. The van der Waals surface area contributed by atoms with Crippen LogP contribution in [0.4, 0.5) is 9.52 Å². The first-order valence-electron chi connectivity index (χ1n) is 9.74. The summed E-state index contributed by atoms with van der Waals surface area (Å²) in [7, 11) is 5.05. The fraction of sp³-hybridized carbons (Fsp3) is 0.364. The van der Waals surface area contributed by atoms with Crippen molar-refractivity contribution in [3.05, 3.63) is 47.8 Å². The standard InChI is InChI=1S/C13H15FN2S.C9H11NO3/c1-16(10-4-2-3-5-10)13-15-11-7-6-9(14)8-12(11)17-13;1-12-6-4-3-5-7(13-2)8(6)9(10)11/h6-8,10H,2-5H2,1H3;3-5H,1-2H3,(H2,10,11). The quantitative estimate of drug-likeness (QED) is 0.638. The number of nitrogens with two attached hydrogens (primary N) is 1. The Kier molecular flexibility index (Phi) is 7.10. The predicted molar refractivity (Wildman–Crippen MR) is 118 cm³/mol. The number of carbonyl (C=O) groups is 1. The van der Waals surface area contributed by atoms with Crippen molar-refractivity contribution in [3.8, 4) is 11.5 Å². The van der Waals surface area contributed by atoms with E-state index in [-0.39, 0.29) is 11.4 Å². The maximum Gasteiger partial charge on any atom is 0.256 e. The summed E-state index contributed by atoms with van der Waals surface area (Å²) in [5.41, 5.74) is 6.34. The van der Waals surface area contributed by atoms with Crippen LogP contribution in [0.15, 0.2) is 36.4 Å². The Morgan fingerprint density at radius 2 is 1.80 bits per heavy atom. The first-order valence-corrected chi connectivity index (χ1v) is 10.6. The van der Waals surface area contributed by atoms with Crippen LogP contribution in [0.3, 0.4) is 0 Å². The van der Waals surface area contributed by atoms with Gasteiger partial charge in [-0.2, -0.15) is 0 Å². The van der Waals surface area contributed by atoms with Crippen molar-refractivity contribution < 1.29 is 18.7 Å². The molecule has 1 saturated carbocycles. The van der Waals surface area contributed by atoms with Crippen LogP contribution in [0.2, 0.25) is 0 Å². The lowest BCUT2D eigenvalue weighted by Crippen LogP contribution is -2.28. The molecule has 6 nitrogen and oxygen atoms in total. The SMILES string of the molecule is CN(c1nc2ccc(F)cc2s1)C1CCCC1.COc1cccc(OC)c1C(N)=O. The minimum atomic E-state index is -0.561. The first kappa shape index (κ1) is 21.8. The van der Waals surface area contributed by atoms with Crippen LogP contribution < -0.4 is 20.1 Å². The lowest BCUT2D eigenvalue weighted by Gasteiger charge is -2.23. The van der Waals surface area contributed by atoms with E-state index in [1.54, 1.807) is 41.7 Å². The third-order valence-electron chi connectivity index (χ3n) is 5.19. The molecule has 0 bridgehead atoms. The van der Waals surface area contributed by atoms with Crippen molar-refractivity contribution in [1.82, 2.24) is 4.98 Å². The summed E-state index contributed by atoms with van der Waals surface area (Å²) in [5, 5.41) is 1.01. The molecular weight excluding hydrogens is 405 g/mol. The number of hydrogen-bond acceptors (Lipinski definition) is 6. The van der Waals surface area contributed by atoms with Gasteiger partial charge in [0.2, 0.25) is 0 Å². The highest BCUT2D eigenvalue weighted by Gasteiger charge is 2.22. The maximum atomic E-state index is 13.1. The van der Waals surface area contributed by atoms with Gasteiger partial charge in [-0.3, -0.25) is 4.79 Å². The van der Waals surface area contributed by atoms with Crippen molar-refractivity contribution in [2.75, 3.05) is 26.2 Å². The molecule has 0 radical (unpaired) electrons. The van der Waals surface area contributed by atoms with E-state index in [1.165, 1.54) is 46.0 Å². The lowest BCUT2D eigenvalue weighted by molar-refractivity contribution is 0.0994. The molecule has 1 heterocycles. The number of carbonyl (C=O) groups excluding carboxylic acids is 1. The third-order valence-corrected chi connectivity index (χ3v) is 6.30. The Morgan fingerprint density at radius 3 is 2.37 bits per heavy atom. The average Bonchev–Trinajstić information content (AvgIpc) is 3.42. The fourth-order valence-electron chi connectivity index (χ4n) is 3.58. The topological polar surface area (TPSA) is 77.7 Å². The molecule has 3 aromatic rings. The Hall–Kier alpha value is -2.87. The second-order valence-corrected chi connectivity index (χ2v) is 8.07. The minimum absolute atomic E-state index is 0.184. The highest BCUT2D eigenvalue weighted by atomic mass is 32.1. The molecule has 1 fully saturated rings. The number of anilines is 1. The Balaban J connectivity index is 0.000000178. The van der Waals surface area contributed by atoms with Crippen LogP contribution in [0.25, 0.3) is 10.2 Å². The normalized spacial score (nSPS) is 13.6. The monoisotopic (exact) mass is 431 g/mol. The molecule has 2 N–H and O–H groups in total. The molecule has 0 unspecified atom stereocenters. The van der Waals surface area contributed by atoms with Crippen LogP contribution in [0, 0.1) is 5.82 Å². The summed E-state index contributed by atoms with van der Waals surface area (Å²) in [6.07, 6.45) is 5.13. The van der Waals surface area contributed by atoms with E-state index in [0.717, 1.165) is 15.3 Å². The molecule has 1 aliphatic carbocycles. The first-order chi connectivity index (χ1) is 14.4. The molecule has 1 amide bonds. The number of amides is 1. The summed E-state index contributed by atoms with van der Waals surface area (Å²) >= 11 is 1.58. The predicted octanol–water partition coefficient (Wildman–Crippen LogP) is 4.62. The summed E-state index contributed by atoms with van der Waals surface area (Å²) < 4.78 is 24.0. The van der Waals surface area contributed by atoms with Crippen LogP contribution in [-0.4, -0.2) is 38.2 Å². The van der Waals surface area contributed by atoms with Gasteiger partial charge in [0, 0.05) is 13.1 Å². The number of hydrogen-bond donors (Lipinski definition) is 1. The molecule has 0 saturated heterocycles. The Bertz CT molecular complexity index is 996. The van der Waals surface area contributed by atoms with Crippen LogP contribution in [-0.2, 0) is 0 Å². The zero-order chi connectivity index (χ0) is 21.7. The Morgan fingerprint density at radius 1 is 1.17 bits per heavy atom. The van der Waals surface area contributed by atoms with Crippen LogP contribution in [0.1, 0.15) is 36.0 Å². The molecule has 0 aliphatic heterocycles. The molecule has 1 aliphatic rings. The van der Waals surface area contributed by atoms with Gasteiger partial charge in [0.25, 0.3) is 5.91 Å². The van der Waals surface area contributed by atoms with Gasteiger partial charge in [0.1, 0.15) is 22.9 Å². The number of nitrogens with zero attached hydrogens (tertiary/aromatic N) is 2. The van der Waals surface area contributed by atoms with E-state index in [9.17, 15) is 9.18 Å². The molecule has 160 valence electrons. The van der Waals surface area contributed by atoms with Crippen molar-refractivity contribution in [3.63, 3.8) is 0 Å². The molecule has 30 heavy (non-hydrogen) atoms. The van der Waals surface area contributed by atoms with Crippen molar-refractivity contribution in [2.45, 2.75) is 31.7 Å². The zero-order valence-electron chi connectivity index (χ0n) is 17.4. The molecule has 8 heteroatoms. The van der Waals surface area contributed by atoms with Crippen LogP contribution in [0.5, 0.6) is 11.5 Å². The smallest absolute Gasteiger partial charge is 0.256 e. The molecule has 0 spiro atoms. The van der Waals surface area contributed by atoms with Crippen molar-refractivity contribution >= 4 is 32.6 Å². The van der Waals surface area contributed by atoms with Gasteiger partial charge in [-0.15, -0.1) is 0 Å². The maximum absolute atomic E-state index is 13.1. The number of thiazole rings is 1. The fourth-order valence-corrected chi connectivity index (χ4v) is 4.60. The van der Waals surface area contributed by atoms with Crippen LogP contribution >= 0.6 is 11.3 Å². The lowest BCUT2D eigenvalue weighted by atomic mass is 10.1. The number of rotatable bonds is 5. The average molecular weight is 432 g/mol. The minimum Gasteiger partial charge on any atom is -0.496 e. The molecule has 1 aromatic heterocycles. The number of ether oxygens (including phenoxy) is 2. The van der Waals surface area contributed by atoms with E-state index in [2.05, 4.69) is 16.9 Å². The summed E-state index contributed by atoms with van der Waals surface area (Å²) in [4.78, 5) is 17.9. The van der Waals surface area contributed by atoms with E-state index in [0.29, 0.717) is 17.5 Å². The summed E-state index contributed by atoms with van der Waals surface area (Å²) in [5.74, 6) is 0.101. The number of aromatic nitrogens is 1. The van der Waals surface area contributed by atoms with Crippen molar-refractivity contribution in [2.24, 2.45) is 5.73 Å². The number of primary amides is 1. The zero-order valence-corrected chi connectivity index (χ0v) is 18.2. The summed E-state index contributed by atoms with van der Waals surface area (Å²) in [6, 6.07) is 10.4. The largest absolute Gasteiger partial charge is 0.496 e. The van der Waals surface area contributed by atoms with E-state index < -0.39 is 5.91 Å². The van der Waals surface area contributed by atoms with Gasteiger partial charge in [0.05, 0.1) is 24.4 Å².